The van der Waals surface area contributed by atoms with Gasteiger partial charge >= 0.3 is 0 Å². The number of benzene rings is 2. The van der Waals surface area contributed by atoms with Crippen LogP contribution in [0.25, 0.3) is 32.9 Å². The van der Waals surface area contributed by atoms with Crippen LogP contribution in [0.4, 0.5) is 14.6 Å². The van der Waals surface area contributed by atoms with E-state index in [-0.39, 0.29) is 40.0 Å². The first-order valence-corrected chi connectivity index (χ1v) is 17.1. The molecule has 49 heavy (non-hydrogen) atoms. The Morgan fingerprint density at radius 3 is 2.69 bits per heavy atom. The normalized spacial score (nSPS) is 20.1. The van der Waals surface area contributed by atoms with Crippen LogP contribution in [0.15, 0.2) is 35.5 Å². The third-order valence-electron chi connectivity index (χ3n) is 10.5. The number of anilines is 1. The molecular weight excluding hydrogens is 669 g/mol. The Balaban J connectivity index is 1.41. The Hall–Kier alpha value is -4.11. The minimum atomic E-state index is -0.744. The number of hydrogen-bond acceptors (Lipinski definition) is 7. The van der Waals surface area contributed by atoms with Crippen molar-refractivity contribution in [2.45, 2.75) is 57.3 Å². The molecule has 2 aromatic carbocycles. The zero-order chi connectivity index (χ0) is 34.8. The fraction of sp³-hybridized carbons (Fsp3) is 0.417. The molecule has 0 aliphatic carbocycles. The van der Waals surface area contributed by atoms with Crippen LogP contribution in [0.3, 0.4) is 0 Å². The standard InChI is InChI=1S/C36H36Cl2F2N8O/c1-20-27(37)12-21-15-42-16-25(21)30(20)31-28(38)14-24-33(32(31)40)44-35(46-18-36(2,19-46)45(3)4)26-17-43-48(34(24)26)23-8-11-47(22(13-23)7-10-41)29(49)6-5-9-39/h5-6,12,14,16-17,22-23H,7-9,11,13,15,18-19H2,1-4H3/b6-5+/t22-,23+/m1/s1. The quantitative estimate of drug-likeness (QED) is 0.192. The lowest BCUT2D eigenvalue weighted by Crippen LogP contribution is -2.67. The van der Waals surface area contributed by atoms with Crippen LogP contribution in [0.1, 0.15) is 48.9 Å². The Labute approximate surface area is 293 Å². The second-order valence-corrected chi connectivity index (χ2v) is 14.5. The van der Waals surface area contributed by atoms with Gasteiger partial charge in [0.05, 0.1) is 52.7 Å². The highest BCUT2D eigenvalue weighted by Gasteiger charge is 2.43. The fourth-order valence-electron chi connectivity index (χ4n) is 7.55. The van der Waals surface area contributed by atoms with Crippen LogP contribution >= 0.6 is 23.2 Å². The van der Waals surface area contributed by atoms with E-state index < -0.39 is 18.5 Å². The average molecular weight is 706 g/mol. The SMILES string of the molecule is Cc1c(Cl)cc2c(c1-c1c(Cl)cc3c(nc(N4CC(C)(N(C)C)C4)c4cnn([C@H]5CCN(C(=O)/C=C/CF)[C@H](CC#N)C5)c43)c1F)C=NC2. The summed E-state index contributed by atoms with van der Waals surface area (Å²) in [6.45, 7) is 5.49. The molecule has 2 saturated heterocycles. The number of aromatic nitrogens is 3. The van der Waals surface area contributed by atoms with Crippen LogP contribution in [0.5, 0.6) is 0 Å². The van der Waals surface area contributed by atoms with Crippen molar-refractivity contribution in [2.75, 3.05) is 45.3 Å². The van der Waals surface area contributed by atoms with Gasteiger partial charge in [-0.3, -0.25) is 14.5 Å². The Bertz CT molecular complexity index is 2110. The van der Waals surface area contributed by atoms with Crippen molar-refractivity contribution >= 4 is 62.9 Å². The van der Waals surface area contributed by atoms with Crippen molar-refractivity contribution in [3.63, 3.8) is 0 Å². The van der Waals surface area contributed by atoms with Gasteiger partial charge in [-0.1, -0.05) is 23.2 Å². The highest BCUT2D eigenvalue weighted by Crippen LogP contribution is 2.46. The number of amides is 1. The molecule has 0 N–H and O–H groups in total. The third kappa shape index (κ3) is 5.45. The molecule has 9 nitrogen and oxygen atoms in total. The number of pyridine rings is 1. The number of nitriles is 1. The van der Waals surface area contributed by atoms with E-state index in [0.29, 0.717) is 71.9 Å². The molecule has 13 heteroatoms. The van der Waals surface area contributed by atoms with Crippen molar-refractivity contribution in [1.82, 2.24) is 24.6 Å². The molecule has 2 fully saturated rings. The number of likely N-dealkylation sites (tertiary alicyclic amines) is 1. The van der Waals surface area contributed by atoms with E-state index in [9.17, 15) is 14.4 Å². The Morgan fingerprint density at radius 1 is 1.20 bits per heavy atom. The summed E-state index contributed by atoms with van der Waals surface area (Å²) in [5.41, 5.74) is 4.02. The van der Waals surface area contributed by atoms with Crippen LogP contribution in [-0.2, 0) is 11.3 Å². The summed E-state index contributed by atoms with van der Waals surface area (Å²) < 4.78 is 31.9. The van der Waals surface area contributed by atoms with Crippen LogP contribution in [-0.4, -0.2) is 88.7 Å². The molecular formula is C36H36Cl2F2N8O. The van der Waals surface area contributed by atoms with E-state index in [2.05, 4.69) is 27.8 Å². The summed E-state index contributed by atoms with van der Waals surface area (Å²) in [7, 11) is 4.09. The molecule has 3 aliphatic heterocycles. The molecule has 7 rings (SSSR count). The Morgan fingerprint density at radius 2 is 1.98 bits per heavy atom. The minimum Gasteiger partial charge on any atom is -0.352 e. The second kappa shape index (κ2) is 12.7. The molecule has 5 heterocycles. The van der Waals surface area contributed by atoms with Crippen molar-refractivity contribution in [2.24, 2.45) is 4.99 Å². The van der Waals surface area contributed by atoms with E-state index >= 15 is 4.39 Å². The predicted molar refractivity (Wildman–Crippen MR) is 190 cm³/mol. The topological polar surface area (TPSA) is 93.7 Å². The average Bonchev–Trinajstić information content (AvgIpc) is 3.71. The molecule has 4 aromatic rings. The number of rotatable bonds is 7. The number of allylic oxidation sites excluding steroid dienone is 1. The molecule has 1 amide bonds. The monoisotopic (exact) mass is 704 g/mol. The molecule has 3 aliphatic rings. The van der Waals surface area contributed by atoms with Crippen LogP contribution in [0, 0.1) is 24.1 Å². The van der Waals surface area contributed by atoms with E-state index in [0.717, 1.165) is 16.5 Å². The largest absolute Gasteiger partial charge is 0.352 e. The number of aliphatic imine (C=N–C) groups is 1. The molecule has 0 radical (unpaired) electrons. The van der Waals surface area contributed by atoms with Gasteiger partial charge in [-0.05, 0) is 75.7 Å². The molecule has 2 atom stereocenters. The predicted octanol–water partition coefficient (Wildman–Crippen LogP) is 7.05. The second-order valence-electron chi connectivity index (χ2n) is 13.7. The van der Waals surface area contributed by atoms with Crippen molar-refractivity contribution in [3.8, 4) is 17.2 Å². The molecule has 254 valence electrons. The first-order valence-electron chi connectivity index (χ1n) is 16.3. The number of carbonyl (C=O) groups excluding carboxylic acids is 1. The van der Waals surface area contributed by atoms with E-state index in [1.165, 1.54) is 12.2 Å². The maximum atomic E-state index is 17.2. The lowest BCUT2D eigenvalue weighted by atomic mass is 9.90. The summed E-state index contributed by atoms with van der Waals surface area (Å²) in [4.78, 5) is 28.3. The van der Waals surface area contributed by atoms with Crippen LogP contribution in [0.2, 0.25) is 10.0 Å². The summed E-state index contributed by atoms with van der Waals surface area (Å²) in [5, 5.41) is 16.5. The van der Waals surface area contributed by atoms with Crippen molar-refractivity contribution in [1.29, 1.82) is 5.26 Å². The lowest BCUT2D eigenvalue weighted by Gasteiger charge is -2.52. The van der Waals surface area contributed by atoms with Gasteiger partial charge in [-0.2, -0.15) is 10.4 Å². The van der Waals surface area contributed by atoms with Gasteiger partial charge in [-0.25, -0.2) is 13.8 Å². The Kier molecular flexibility index (Phi) is 8.62. The summed E-state index contributed by atoms with van der Waals surface area (Å²) in [6.07, 6.45) is 7.02. The van der Waals surface area contributed by atoms with Gasteiger partial charge in [0.1, 0.15) is 18.0 Å². The molecule has 2 aromatic heterocycles. The van der Waals surface area contributed by atoms with Gasteiger partial charge in [0.15, 0.2) is 5.82 Å². The van der Waals surface area contributed by atoms with Crippen molar-refractivity contribution < 1.29 is 13.6 Å². The molecule has 0 saturated carbocycles. The smallest absolute Gasteiger partial charge is 0.246 e. The number of carbonyl (C=O) groups is 1. The first kappa shape index (κ1) is 33.4. The number of hydrogen-bond donors (Lipinski definition) is 0. The highest BCUT2D eigenvalue weighted by molar-refractivity contribution is 6.36. The van der Waals surface area contributed by atoms with E-state index in [1.54, 1.807) is 23.4 Å². The summed E-state index contributed by atoms with van der Waals surface area (Å²) >= 11 is 13.7. The maximum Gasteiger partial charge on any atom is 0.246 e. The zero-order valence-electron chi connectivity index (χ0n) is 27.8. The maximum absolute atomic E-state index is 17.2. The van der Waals surface area contributed by atoms with Gasteiger partial charge < -0.3 is 14.7 Å². The summed E-state index contributed by atoms with van der Waals surface area (Å²) in [6, 6.07) is 5.23. The zero-order valence-corrected chi connectivity index (χ0v) is 29.3. The van der Waals surface area contributed by atoms with Gasteiger partial charge in [0, 0.05) is 59.5 Å². The number of alkyl halides is 1. The first-order chi connectivity index (χ1) is 23.5. The number of fused-ring (bicyclic) bond motifs is 4. The molecule has 0 unspecified atom stereocenters. The van der Waals surface area contributed by atoms with Gasteiger partial charge in [0.2, 0.25) is 5.91 Å². The molecule has 0 spiro atoms. The molecule has 0 bridgehead atoms. The van der Waals surface area contributed by atoms with Gasteiger partial charge in [-0.15, -0.1) is 0 Å². The van der Waals surface area contributed by atoms with Crippen molar-refractivity contribution in [3.05, 3.63) is 63.0 Å². The van der Waals surface area contributed by atoms with Crippen LogP contribution < -0.4 is 4.90 Å². The highest BCUT2D eigenvalue weighted by atomic mass is 35.5. The number of likely N-dealkylation sites (N-methyl/N-ethyl adjacent to an activating group) is 1. The van der Waals surface area contributed by atoms with Gasteiger partial charge in [0.25, 0.3) is 0 Å². The van der Waals surface area contributed by atoms with E-state index in [4.69, 9.17) is 33.3 Å². The minimum absolute atomic E-state index is 0.0824. The number of nitrogens with zero attached hydrogens (tertiary/aromatic N) is 8. The third-order valence-corrected chi connectivity index (χ3v) is 11.2. The number of halogens is 4. The summed E-state index contributed by atoms with van der Waals surface area (Å²) in [5.74, 6) is -0.244. The fourth-order valence-corrected chi connectivity index (χ4v) is 8.07. The lowest BCUT2D eigenvalue weighted by molar-refractivity contribution is -0.130. The number of piperidine rings is 1. The van der Waals surface area contributed by atoms with E-state index in [1.807, 2.05) is 31.8 Å².